The van der Waals surface area contributed by atoms with E-state index >= 15 is 0 Å². The molecule has 0 unspecified atom stereocenters. The number of hydrogen-bond acceptors (Lipinski definition) is 5. The summed E-state index contributed by atoms with van der Waals surface area (Å²) in [6, 6.07) is 4.11. The second-order valence-electron chi connectivity index (χ2n) is 6.49. The van der Waals surface area contributed by atoms with Crippen LogP contribution in [0.2, 0.25) is 0 Å². The van der Waals surface area contributed by atoms with Crippen LogP contribution >= 0.6 is 0 Å². The first-order valence-electron chi connectivity index (χ1n) is 8.64. The summed E-state index contributed by atoms with van der Waals surface area (Å²) in [7, 11) is 3.53. The average Bonchev–Trinajstić information content (AvgIpc) is 3.06. The first-order valence-corrected chi connectivity index (χ1v) is 8.64. The van der Waals surface area contributed by atoms with E-state index in [9.17, 15) is 9.18 Å². The number of aryl methyl sites for hydroxylation is 1. The van der Waals surface area contributed by atoms with Gasteiger partial charge in [0, 0.05) is 18.3 Å². The van der Waals surface area contributed by atoms with E-state index in [1.54, 1.807) is 6.20 Å². The molecule has 3 rings (SSSR count). The van der Waals surface area contributed by atoms with Gasteiger partial charge >= 0.3 is 0 Å². The van der Waals surface area contributed by atoms with Crippen LogP contribution in [0.3, 0.4) is 0 Å². The number of benzene rings is 1. The van der Waals surface area contributed by atoms with E-state index in [2.05, 4.69) is 27.2 Å². The van der Waals surface area contributed by atoms with Gasteiger partial charge in [0.05, 0.1) is 24.4 Å². The smallest absolute Gasteiger partial charge is 0.255 e. The number of aromatic nitrogens is 2. The predicted octanol–water partition coefficient (Wildman–Crippen LogP) is 2.63. The number of methoxy groups -OCH3 is 1. The highest BCUT2D eigenvalue weighted by molar-refractivity contribution is 5.96. The van der Waals surface area contributed by atoms with Gasteiger partial charge in [-0.15, -0.1) is 0 Å². The van der Waals surface area contributed by atoms with Crippen molar-refractivity contribution < 1.29 is 13.9 Å². The highest BCUT2D eigenvalue weighted by atomic mass is 19.1. The second kappa shape index (κ2) is 7.78. The molecule has 1 aliphatic heterocycles. The first-order chi connectivity index (χ1) is 12.5. The van der Waals surface area contributed by atoms with Gasteiger partial charge in [0.15, 0.2) is 0 Å². The van der Waals surface area contributed by atoms with Gasteiger partial charge in [-0.25, -0.2) is 14.4 Å². The number of halogens is 1. The maximum Gasteiger partial charge on any atom is 0.255 e. The van der Waals surface area contributed by atoms with Crippen LogP contribution in [-0.2, 0) is 6.54 Å². The molecule has 1 atom stereocenters. The third-order valence-electron chi connectivity index (χ3n) is 4.70. The Hall–Kier alpha value is -2.54. The Bertz CT molecular complexity index is 812. The molecule has 0 bridgehead atoms. The minimum atomic E-state index is -0.483. The van der Waals surface area contributed by atoms with Crippen molar-refractivity contribution in [2.24, 2.45) is 0 Å². The topological polar surface area (TPSA) is 67.3 Å². The van der Waals surface area contributed by atoms with E-state index in [1.807, 2.05) is 6.92 Å². The predicted molar refractivity (Wildman–Crippen MR) is 95.5 cm³/mol. The second-order valence-corrected chi connectivity index (χ2v) is 6.49. The summed E-state index contributed by atoms with van der Waals surface area (Å²) >= 11 is 0. The molecule has 0 spiro atoms. The van der Waals surface area contributed by atoms with Crippen LogP contribution in [0, 0.1) is 12.7 Å². The molecule has 1 saturated heterocycles. The third-order valence-corrected chi connectivity index (χ3v) is 4.70. The fraction of sp³-hybridized carbons (Fsp3) is 0.421. The lowest BCUT2D eigenvalue weighted by Gasteiger charge is -2.22. The molecule has 2 aromatic rings. The summed E-state index contributed by atoms with van der Waals surface area (Å²) in [6.45, 7) is 3.16. The minimum absolute atomic E-state index is 0.167. The van der Waals surface area contributed by atoms with Crippen molar-refractivity contribution in [2.45, 2.75) is 32.4 Å². The largest absolute Gasteiger partial charge is 0.496 e. The van der Waals surface area contributed by atoms with E-state index in [1.165, 1.54) is 25.3 Å². The number of rotatable bonds is 5. The maximum atomic E-state index is 13.5. The summed E-state index contributed by atoms with van der Waals surface area (Å²) < 4.78 is 18.7. The molecule has 7 heteroatoms. The number of nitrogens with one attached hydrogen (secondary N) is 1. The molecular formula is C19H23FN4O2. The zero-order valence-corrected chi connectivity index (χ0v) is 15.3. The molecule has 6 nitrogen and oxygen atoms in total. The normalized spacial score (nSPS) is 17.3. The van der Waals surface area contributed by atoms with Gasteiger partial charge in [0.1, 0.15) is 17.4 Å². The van der Waals surface area contributed by atoms with Crippen LogP contribution in [0.1, 0.15) is 46.3 Å². The van der Waals surface area contributed by atoms with Crippen LogP contribution in [0.4, 0.5) is 4.39 Å². The monoisotopic (exact) mass is 358 g/mol. The van der Waals surface area contributed by atoms with E-state index in [4.69, 9.17) is 4.74 Å². The summed E-state index contributed by atoms with van der Waals surface area (Å²) in [6.07, 6.45) is 3.91. The summed E-state index contributed by atoms with van der Waals surface area (Å²) in [5.74, 6) is 0.164. The van der Waals surface area contributed by atoms with E-state index in [0.29, 0.717) is 11.6 Å². The van der Waals surface area contributed by atoms with Gasteiger partial charge in [0.2, 0.25) is 0 Å². The van der Waals surface area contributed by atoms with Crippen LogP contribution in [0.25, 0.3) is 0 Å². The maximum absolute atomic E-state index is 13.5. The quantitative estimate of drug-likeness (QED) is 0.890. The Morgan fingerprint density at radius 3 is 2.96 bits per heavy atom. The van der Waals surface area contributed by atoms with Crippen molar-refractivity contribution in [3.8, 4) is 5.75 Å². The molecule has 1 aromatic heterocycles. The lowest BCUT2D eigenvalue weighted by atomic mass is 10.1. The van der Waals surface area contributed by atoms with Gasteiger partial charge < -0.3 is 10.1 Å². The lowest BCUT2D eigenvalue weighted by molar-refractivity contribution is 0.0947. The van der Waals surface area contributed by atoms with Gasteiger partial charge in [-0.2, -0.15) is 0 Å². The van der Waals surface area contributed by atoms with Crippen molar-refractivity contribution in [1.82, 2.24) is 20.2 Å². The summed E-state index contributed by atoms with van der Waals surface area (Å²) in [5.41, 5.74) is 1.99. The number of amides is 1. The molecule has 0 aliphatic carbocycles. The van der Waals surface area contributed by atoms with Crippen molar-refractivity contribution in [2.75, 3.05) is 20.7 Å². The number of likely N-dealkylation sites (tertiary alicyclic amines) is 1. The van der Waals surface area contributed by atoms with Crippen LogP contribution in [-0.4, -0.2) is 41.5 Å². The molecule has 138 valence electrons. The van der Waals surface area contributed by atoms with Gasteiger partial charge in [-0.1, -0.05) is 0 Å². The van der Waals surface area contributed by atoms with Gasteiger partial charge in [-0.3, -0.25) is 9.69 Å². The molecule has 1 N–H and O–H groups in total. The van der Waals surface area contributed by atoms with Crippen molar-refractivity contribution >= 4 is 5.91 Å². The number of hydrogen-bond donors (Lipinski definition) is 1. The van der Waals surface area contributed by atoms with E-state index in [-0.39, 0.29) is 18.2 Å². The third kappa shape index (κ3) is 3.83. The van der Waals surface area contributed by atoms with Crippen LogP contribution in [0.15, 0.2) is 24.4 Å². The number of ether oxygens (including phenoxy) is 1. The summed E-state index contributed by atoms with van der Waals surface area (Å²) in [5, 5.41) is 2.83. The minimum Gasteiger partial charge on any atom is -0.496 e. The average molecular weight is 358 g/mol. The lowest BCUT2D eigenvalue weighted by Crippen LogP contribution is -2.26. The van der Waals surface area contributed by atoms with Crippen molar-refractivity contribution in [3.63, 3.8) is 0 Å². The highest BCUT2D eigenvalue weighted by Crippen LogP contribution is 2.31. The zero-order valence-electron chi connectivity index (χ0n) is 15.3. The van der Waals surface area contributed by atoms with E-state index < -0.39 is 11.7 Å². The molecule has 1 aromatic carbocycles. The Morgan fingerprint density at radius 2 is 2.27 bits per heavy atom. The first kappa shape index (κ1) is 18.3. The molecule has 2 heterocycles. The Labute approximate surface area is 152 Å². The highest BCUT2D eigenvalue weighted by Gasteiger charge is 2.26. The molecule has 0 saturated carbocycles. The Kier molecular flexibility index (Phi) is 5.46. The molecule has 0 radical (unpaired) electrons. The fourth-order valence-electron chi connectivity index (χ4n) is 3.32. The molecule has 26 heavy (non-hydrogen) atoms. The number of nitrogens with zero attached hydrogens (tertiary/aromatic N) is 3. The molecule has 1 fully saturated rings. The Balaban J connectivity index is 1.80. The van der Waals surface area contributed by atoms with Crippen molar-refractivity contribution in [3.05, 3.63) is 52.9 Å². The van der Waals surface area contributed by atoms with Crippen LogP contribution in [0.5, 0.6) is 5.75 Å². The number of carbonyl (C=O) groups excluding carboxylic acids is 1. The fourth-order valence-corrected chi connectivity index (χ4v) is 3.32. The zero-order chi connectivity index (χ0) is 18.7. The van der Waals surface area contributed by atoms with Crippen LogP contribution < -0.4 is 10.1 Å². The van der Waals surface area contributed by atoms with Crippen molar-refractivity contribution in [1.29, 1.82) is 0 Å². The molecular weight excluding hydrogens is 335 g/mol. The van der Waals surface area contributed by atoms with Gasteiger partial charge in [-0.05, 0) is 51.6 Å². The summed E-state index contributed by atoms with van der Waals surface area (Å²) in [4.78, 5) is 23.7. The SMILES string of the molecule is COc1ccc(F)cc1C(=O)NCc1cnc(C)nc1[C@H]1CCCN1C. The standard InChI is InChI=1S/C19H23FN4O2/c1-12-21-10-13(18(23-12)16-5-4-8-24(16)2)11-22-19(25)15-9-14(20)6-7-17(15)26-3/h6-7,9-10,16H,4-5,8,11H2,1-3H3,(H,22,25)/t16-/m1/s1. The molecule has 1 amide bonds. The van der Waals surface area contributed by atoms with E-state index in [0.717, 1.165) is 30.6 Å². The van der Waals surface area contributed by atoms with Gasteiger partial charge in [0.25, 0.3) is 5.91 Å². The molecule has 1 aliphatic rings. The Morgan fingerprint density at radius 1 is 1.46 bits per heavy atom. The number of carbonyl (C=O) groups is 1.